The number of nitrogens with zero attached hydrogens (tertiary/aromatic N) is 1. The summed E-state index contributed by atoms with van der Waals surface area (Å²) in [6, 6.07) is 11.1. The van der Waals surface area contributed by atoms with Crippen molar-refractivity contribution in [3.05, 3.63) is 53.2 Å². The number of pyridine rings is 1. The minimum absolute atomic E-state index is 0.0178. The molecule has 1 aromatic carbocycles. The molecule has 6 heteroatoms. The van der Waals surface area contributed by atoms with Gasteiger partial charge in [0.05, 0.1) is 12.4 Å². The minimum atomic E-state index is -0.188. The number of methoxy groups -OCH3 is 1. The van der Waals surface area contributed by atoms with Gasteiger partial charge in [-0.05, 0) is 36.8 Å². The second-order valence-electron chi connectivity index (χ2n) is 4.64. The number of thioether (sulfide) groups is 1. The van der Waals surface area contributed by atoms with E-state index in [0.29, 0.717) is 17.4 Å². The Bertz CT molecular complexity index is 617. The summed E-state index contributed by atoms with van der Waals surface area (Å²) in [5.41, 5.74) is 0.929. The van der Waals surface area contributed by atoms with Gasteiger partial charge in [-0.25, -0.2) is 4.98 Å². The van der Waals surface area contributed by atoms with Crippen LogP contribution in [0.5, 0.6) is 5.88 Å². The topological polar surface area (TPSA) is 51.2 Å². The van der Waals surface area contributed by atoms with E-state index in [-0.39, 0.29) is 11.2 Å². The van der Waals surface area contributed by atoms with Crippen molar-refractivity contribution in [3.8, 4) is 5.88 Å². The number of benzene rings is 1. The van der Waals surface area contributed by atoms with E-state index < -0.39 is 0 Å². The second kappa shape index (κ2) is 8.06. The predicted octanol–water partition coefficient (Wildman–Crippen LogP) is 3.54. The average molecular weight is 337 g/mol. The fourth-order valence-corrected chi connectivity index (χ4v) is 2.76. The highest BCUT2D eigenvalue weighted by Gasteiger charge is 2.14. The largest absolute Gasteiger partial charge is 0.481 e. The van der Waals surface area contributed by atoms with E-state index in [1.807, 2.05) is 37.3 Å². The normalized spacial score (nSPS) is 11.8. The molecule has 1 N–H and O–H groups in total. The smallest absolute Gasteiger partial charge is 0.233 e. The molecular weight excluding hydrogens is 320 g/mol. The van der Waals surface area contributed by atoms with Crippen LogP contribution in [0.1, 0.15) is 12.5 Å². The van der Waals surface area contributed by atoms with E-state index in [2.05, 4.69) is 10.3 Å². The molecule has 0 fully saturated rings. The molecule has 2 aromatic rings. The monoisotopic (exact) mass is 336 g/mol. The van der Waals surface area contributed by atoms with Crippen molar-refractivity contribution in [2.45, 2.75) is 23.6 Å². The summed E-state index contributed by atoms with van der Waals surface area (Å²) in [6.07, 6.45) is 1.69. The Morgan fingerprint density at radius 1 is 1.32 bits per heavy atom. The third kappa shape index (κ3) is 4.93. The van der Waals surface area contributed by atoms with Gasteiger partial charge < -0.3 is 10.1 Å². The number of hydrogen-bond donors (Lipinski definition) is 1. The summed E-state index contributed by atoms with van der Waals surface area (Å²) in [5.74, 6) is 0.539. The van der Waals surface area contributed by atoms with Crippen molar-refractivity contribution >= 4 is 29.3 Å². The molecule has 0 spiro atoms. The van der Waals surface area contributed by atoms with Crippen molar-refractivity contribution in [3.63, 3.8) is 0 Å². The van der Waals surface area contributed by atoms with Crippen LogP contribution in [0.25, 0.3) is 0 Å². The fraction of sp³-hybridized carbons (Fsp3) is 0.250. The van der Waals surface area contributed by atoms with Gasteiger partial charge in [0.25, 0.3) is 0 Å². The predicted molar refractivity (Wildman–Crippen MR) is 89.4 cm³/mol. The van der Waals surface area contributed by atoms with Gasteiger partial charge in [-0.2, -0.15) is 0 Å². The Hall–Kier alpha value is -1.72. The van der Waals surface area contributed by atoms with E-state index in [4.69, 9.17) is 16.3 Å². The molecule has 1 unspecified atom stereocenters. The van der Waals surface area contributed by atoms with Crippen molar-refractivity contribution in [1.82, 2.24) is 10.3 Å². The van der Waals surface area contributed by atoms with Crippen molar-refractivity contribution in [2.24, 2.45) is 0 Å². The van der Waals surface area contributed by atoms with Crippen LogP contribution in [-0.2, 0) is 11.3 Å². The van der Waals surface area contributed by atoms with Crippen LogP contribution in [0.4, 0.5) is 0 Å². The van der Waals surface area contributed by atoms with Crippen LogP contribution in [0.3, 0.4) is 0 Å². The Morgan fingerprint density at radius 2 is 2.05 bits per heavy atom. The lowest BCUT2D eigenvalue weighted by molar-refractivity contribution is -0.120. The highest BCUT2D eigenvalue weighted by atomic mass is 35.5. The molecule has 1 atom stereocenters. The molecule has 22 heavy (non-hydrogen) atoms. The van der Waals surface area contributed by atoms with E-state index in [1.165, 1.54) is 11.8 Å². The van der Waals surface area contributed by atoms with E-state index >= 15 is 0 Å². The Balaban J connectivity index is 1.84. The Morgan fingerprint density at radius 3 is 2.64 bits per heavy atom. The summed E-state index contributed by atoms with van der Waals surface area (Å²) in [7, 11) is 1.57. The number of amides is 1. The quantitative estimate of drug-likeness (QED) is 0.820. The van der Waals surface area contributed by atoms with Crippen LogP contribution >= 0.6 is 23.4 Å². The Labute approximate surface area is 139 Å². The Kier molecular flexibility index (Phi) is 6.10. The number of ether oxygens (including phenoxy) is 1. The van der Waals surface area contributed by atoms with Crippen LogP contribution in [0, 0.1) is 0 Å². The van der Waals surface area contributed by atoms with Gasteiger partial charge in [-0.3, -0.25) is 4.79 Å². The molecule has 116 valence electrons. The molecular formula is C16H17ClN2O2S. The lowest BCUT2D eigenvalue weighted by Crippen LogP contribution is -2.30. The molecule has 1 heterocycles. The van der Waals surface area contributed by atoms with Crippen molar-refractivity contribution < 1.29 is 9.53 Å². The van der Waals surface area contributed by atoms with Crippen LogP contribution < -0.4 is 10.1 Å². The van der Waals surface area contributed by atoms with Gasteiger partial charge in [-0.1, -0.05) is 17.7 Å². The molecule has 0 aliphatic rings. The van der Waals surface area contributed by atoms with Crippen LogP contribution in [-0.4, -0.2) is 23.3 Å². The molecule has 2 rings (SSSR count). The van der Waals surface area contributed by atoms with Crippen molar-refractivity contribution in [1.29, 1.82) is 0 Å². The van der Waals surface area contributed by atoms with Gasteiger partial charge in [0.2, 0.25) is 11.8 Å². The lowest BCUT2D eigenvalue weighted by atomic mass is 10.3. The zero-order chi connectivity index (χ0) is 15.9. The van der Waals surface area contributed by atoms with Crippen molar-refractivity contribution in [2.75, 3.05) is 7.11 Å². The first kappa shape index (κ1) is 16.6. The number of nitrogens with one attached hydrogen (secondary N) is 1. The molecule has 0 radical (unpaired) electrons. The van der Waals surface area contributed by atoms with E-state index in [0.717, 1.165) is 10.5 Å². The van der Waals surface area contributed by atoms with Gasteiger partial charge in [0.15, 0.2) is 0 Å². The summed E-state index contributed by atoms with van der Waals surface area (Å²) in [6.45, 7) is 2.32. The zero-order valence-electron chi connectivity index (χ0n) is 12.4. The minimum Gasteiger partial charge on any atom is -0.481 e. The number of rotatable bonds is 6. The fourth-order valence-electron chi connectivity index (χ4n) is 1.74. The number of hydrogen-bond acceptors (Lipinski definition) is 4. The van der Waals surface area contributed by atoms with E-state index in [1.54, 1.807) is 19.4 Å². The molecule has 0 aliphatic carbocycles. The van der Waals surface area contributed by atoms with E-state index in [9.17, 15) is 4.79 Å². The number of aromatic nitrogens is 1. The maximum absolute atomic E-state index is 12.1. The molecule has 4 nitrogen and oxygen atoms in total. The zero-order valence-corrected chi connectivity index (χ0v) is 13.9. The first-order chi connectivity index (χ1) is 10.6. The van der Waals surface area contributed by atoms with Gasteiger partial charge in [0.1, 0.15) is 0 Å². The van der Waals surface area contributed by atoms with Gasteiger partial charge in [0, 0.05) is 28.7 Å². The van der Waals surface area contributed by atoms with Crippen LogP contribution in [0.2, 0.25) is 5.02 Å². The SMILES string of the molecule is COc1ccc(CNC(=O)C(C)Sc2ccc(Cl)cc2)cn1. The molecule has 0 saturated heterocycles. The molecule has 0 aliphatic heterocycles. The second-order valence-corrected chi connectivity index (χ2v) is 6.49. The first-order valence-electron chi connectivity index (χ1n) is 6.77. The standard InChI is InChI=1S/C16H17ClN2O2S/c1-11(22-14-6-4-13(17)5-7-14)16(20)19-10-12-3-8-15(21-2)18-9-12/h3-9,11H,10H2,1-2H3,(H,19,20). The van der Waals surface area contributed by atoms with Gasteiger partial charge in [-0.15, -0.1) is 11.8 Å². The van der Waals surface area contributed by atoms with Gasteiger partial charge >= 0.3 is 0 Å². The maximum Gasteiger partial charge on any atom is 0.233 e. The molecule has 0 bridgehead atoms. The molecule has 1 aromatic heterocycles. The third-order valence-electron chi connectivity index (χ3n) is 2.97. The summed E-state index contributed by atoms with van der Waals surface area (Å²) >= 11 is 7.34. The molecule has 0 saturated carbocycles. The average Bonchev–Trinajstić information content (AvgIpc) is 2.55. The first-order valence-corrected chi connectivity index (χ1v) is 8.03. The lowest BCUT2D eigenvalue weighted by Gasteiger charge is -2.12. The van der Waals surface area contributed by atoms with Crippen LogP contribution in [0.15, 0.2) is 47.5 Å². The third-order valence-corrected chi connectivity index (χ3v) is 4.33. The maximum atomic E-state index is 12.1. The number of carbonyl (C=O) groups excluding carboxylic acids is 1. The molecule has 1 amide bonds. The number of halogens is 1. The highest BCUT2D eigenvalue weighted by Crippen LogP contribution is 2.24. The summed E-state index contributed by atoms with van der Waals surface area (Å²) < 4.78 is 5.00. The summed E-state index contributed by atoms with van der Waals surface area (Å²) in [5, 5.41) is 3.40. The number of carbonyl (C=O) groups is 1. The summed E-state index contributed by atoms with van der Waals surface area (Å²) in [4.78, 5) is 17.2. The highest BCUT2D eigenvalue weighted by molar-refractivity contribution is 8.00.